The fourth-order valence-electron chi connectivity index (χ4n) is 8.14. The average Bonchev–Trinajstić information content (AvgIpc) is 3.80. The third-order valence-corrected chi connectivity index (χ3v) is 10.8. The number of para-hydroxylation sites is 4. The standard InChI is InChI=1S/C51H33N5/c1-2-13-34(14-3-1)35-25-29-37(30-26-35)49-52-50(54-51(53-49)56-47-23-10-6-19-43(47)44-20-7-11-24-48(44)56)38-31-27-36(28-32-38)39-15-12-16-40(33-39)55-45-21-8-4-17-41(45)42-18-5-9-22-46(42)55/h1-33H. The summed E-state index contributed by atoms with van der Waals surface area (Å²) in [4.78, 5) is 15.5. The lowest BCUT2D eigenvalue weighted by molar-refractivity contribution is 0.953. The smallest absolute Gasteiger partial charge is 0.238 e. The second-order valence-corrected chi connectivity index (χ2v) is 14.1. The molecule has 0 radical (unpaired) electrons. The molecule has 5 nitrogen and oxygen atoms in total. The molecule has 0 saturated carbocycles. The number of benzene rings is 8. The van der Waals surface area contributed by atoms with E-state index in [1.165, 1.54) is 27.4 Å². The molecule has 0 atom stereocenters. The van der Waals surface area contributed by atoms with Crippen LogP contribution in [-0.2, 0) is 0 Å². The van der Waals surface area contributed by atoms with Crippen LogP contribution in [-0.4, -0.2) is 24.1 Å². The Bertz CT molecular complexity index is 3120. The fraction of sp³-hybridized carbons (Fsp3) is 0. The molecule has 3 heterocycles. The summed E-state index contributed by atoms with van der Waals surface area (Å²) in [5.41, 5.74) is 12.0. The third kappa shape index (κ3) is 5.29. The molecule has 11 rings (SSSR count). The van der Waals surface area contributed by atoms with E-state index in [0.717, 1.165) is 55.3 Å². The molecule has 0 N–H and O–H groups in total. The van der Waals surface area contributed by atoms with Crippen molar-refractivity contribution in [2.45, 2.75) is 0 Å². The summed E-state index contributed by atoms with van der Waals surface area (Å²) in [6, 6.07) is 70.4. The van der Waals surface area contributed by atoms with E-state index in [1.807, 2.05) is 6.07 Å². The van der Waals surface area contributed by atoms with Gasteiger partial charge in [0.2, 0.25) is 5.95 Å². The van der Waals surface area contributed by atoms with E-state index >= 15 is 0 Å². The van der Waals surface area contributed by atoms with Gasteiger partial charge >= 0.3 is 0 Å². The van der Waals surface area contributed by atoms with E-state index in [1.54, 1.807) is 0 Å². The molecular formula is C51H33N5. The number of hydrogen-bond donors (Lipinski definition) is 0. The van der Waals surface area contributed by atoms with E-state index in [0.29, 0.717) is 17.6 Å². The van der Waals surface area contributed by atoms with Gasteiger partial charge in [0.1, 0.15) is 0 Å². The third-order valence-electron chi connectivity index (χ3n) is 10.8. The molecule has 0 amide bonds. The second-order valence-electron chi connectivity index (χ2n) is 14.1. The van der Waals surface area contributed by atoms with Gasteiger partial charge in [-0.05, 0) is 58.7 Å². The van der Waals surface area contributed by atoms with Crippen molar-refractivity contribution in [2.75, 3.05) is 0 Å². The lowest BCUT2D eigenvalue weighted by atomic mass is 10.0. The highest BCUT2D eigenvalue weighted by Gasteiger charge is 2.18. The Balaban J connectivity index is 1.02. The summed E-state index contributed by atoms with van der Waals surface area (Å²) in [5.74, 6) is 1.82. The van der Waals surface area contributed by atoms with E-state index < -0.39 is 0 Å². The van der Waals surface area contributed by atoms with Gasteiger partial charge in [-0.2, -0.15) is 9.97 Å². The molecule has 5 heteroatoms. The summed E-state index contributed by atoms with van der Waals surface area (Å²) >= 11 is 0. The van der Waals surface area contributed by atoms with Crippen molar-refractivity contribution in [1.29, 1.82) is 0 Å². The summed E-state index contributed by atoms with van der Waals surface area (Å²) in [6.07, 6.45) is 0. The highest BCUT2D eigenvalue weighted by atomic mass is 15.2. The molecule has 0 fully saturated rings. The molecule has 0 aliphatic carbocycles. The normalized spacial score (nSPS) is 11.6. The van der Waals surface area contributed by atoms with Crippen molar-refractivity contribution in [2.24, 2.45) is 0 Å². The lowest BCUT2D eigenvalue weighted by Gasteiger charge is -2.12. The van der Waals surface area contributed by atoms with Crippen LogP contribution in [0.4, 0.5) is 0 Å². The summed E-state index contributed by atoms with van der Waals surface area (Å²) in [7, 11) is 0. The molecule has 0 aliphatic rings. The first kappa shape index (κ1) is 31.9. The van der Waals surface area contributed by atoms with Gasteiger partial charge in [-0.3, -0.25) is 4.57 Å². The van der Waals surface area contributed by atoms with Crippen LogP contribution >= 0.6 is 0 Å². The van der Waals surface area contributed by atoms with Gasteiger partial charge in [0.05, 0.1) is 22.1 Å². The van der Waals surface area contributed by atoms with Crippen LogP contribution < -0.4 is 0 Å². The molecule has 0 saturated heterocycles. The molecule has 11 aromatic rings. The predicted molar refractivity (Wildman–Crippen MR) is 230 cm³/mol. The van der Waals surface area contributed by atoms with Crippen molar-refractivity contribution < 1.29 is 0 Å². The number of nitrogens with zero attached hydrogens (tertiary/aromatic N) is 5. The van der Waals surface area contributed by atoms with Crippen LogP contribution in [0.3, 0.4) is 0 Å². The van der Waals surface area contributed by atoms with E-state index in [-0.39, 0.29) is 0 Å². The Kier molecular flexibility index (Phi) is 7.42. The molecule has 56 heavy (non-hydrogen) atoms. The minimum Gasteiger partial charge on any atom is -0.309 e. The van der Waals surface area contributed by atoms with Gasteiger partial charge in [0.25, 0.3) is 0 Å². The van der Waals surface area contributed by atoms with Crippen LogP contribution in [0.5, 0.6) is 0 Å². The minimum atomic E-state index is 0.581. The topological polar surface area (TPSA) is 48.5 Å². The highest BCUT2D eigenvalue weighted by molar-refractivity contribution is 6.10. The van der Waals surface area contributed by atoms with Crippen LogP contribution in [0.15, 0.2) is 200 Å². The number of hydrogen-bond acceptors (Lipinski definition) is 3. The molecule has 8 aromatic carbocycles. The van der Waals surface area contributed by atoms with E-state index in [4.69, 9.17) is 15.0 Å². The van der Waals surface area contributed by atoms with Crippen molar-refractivity contribution in [1.82, 2.24) is 24.1 Å². The Morgan fingerprint density at radius 1 is 0.268 bits per heavy atom. The first-order chi connectivity index (χ1) is 27.8. The van der Waals surface area contributed by atoms with Crippen LogP contribution in [0.25, 0.3) is 100 Å². The first-order valence-electron chi connectivity index (χ1n) is 18.9. The molecule has 0 spiro atoms. The average molecular weight is 716 g/mol. The zero-order chi connectivity index (χ0) is 37.0. The molecule has 0 bridgehead atoms. The summed E-state index contributed by atoms with van der Waals surface area (Å²) < 4.78 is 4.52. The van der Waals surface area contributed by atoms with Crippen molar-refractivity contribution in [3.63, 3.8) is 0 Å². The zero-order valence-corrected chi connectivity index (χ0v) is 30.3. The Hall–Kier alpha value is -7.63. The quantitative estimate of drug-likeness (QED) is 0.172. The Labute approximate surface area is 323 Å². The largest absolute Gasteiger partial charge is 0.309 e. The monoisotopic (exact) mass is 715 g/mol. The second kappa shape index (κ2) is 13.0. The summed E-state index contributed by atoms with van der Waals surface area (Å²) in [6.45, 7) is 0. The Morgan fingerprint density at radius 3 is 1.14 bits per heavy atom. The van der Waals surface area contributed by atoms with Crippen molar-refractivity contribution in [3.8, 4) is 56.7 Å². The molecule has 3 aromatic heterocycles. The predicted octanol–water partition coefficient (Wildman–Crippen LogP) is 12.7. The fourth-order valence-corrected chi connectivity index (χ4v) is 8.14. The maximum atomic E-state index is 5.18. The van der Waals surface area contributed by atoms with Gasteiger partial charge in [0, 0.05) is 38.4 Å². The number of aromatic nitrogens is 5. The SMILES string of the molecule is c1ccc(-c2ccc(-c3nc(-c4ccc(-c5cccc(-n6c7ccccc7c7ccccc76)c5)cc4)nc(-n4c5ccccc5c5ccccc54)n3)cc2)cc1. The van der Waals surface area contributed by atoms with Crippen molar-refractivity contribution >= 4 is 43.6 Å². The number of rotatable bonds is 6. The lowest BCUT2D eigenvalue weighted by Crippen LogP contribution is -2.06. The van der Waals surface area contributed by atoms with Crippen LogP contribution in [0.2, 0.25) is 0 Å². The zero-order valence-electron chi connectivity index (χ0n) is 30.3. The maximum absolute atomic E-state index is 5.18. The molecule has 0 unspecified atom stereocenters. The van der Waals surface area contributed by atoms with Gasteiger partial charge in [-0.25, -0.2) is 4.98 Å². The molecule has 262 valence electrons. The van der Waals surface area contributed by atoms with E-state index in [9.17, 15) is 0 Å². The van der Waals surface area contributed by atoms with Gasteiger partial charge in [0.15, 0.2) is 11.6 Å². The minimum absolute atomic E-state index is 0.581. The highest BCUT2D eigenvalue weighted by Crippen LogP contribution is 2.35. The number of fused-ring (bicyclic) bond motifs is 6. The van der Waals surface area contributed by atoms with Crippen LogP contribution in [0.1, 0.15) is 0 Å². The maximum Gasteiger partial charge on any atom is 0.238 e. The van der Waals surface area contributed by atoms with Gasteiger partial charge in [-0.15, -0.1) is 0 Å². The van der Waals surface area contributed by atoms with Gasteiger partial charge in [-0.1, -0.05) is 164 Å². The molecule has 0 aliphatic heterocycles. The summed E-state index contributed by atoms with van der Waals surface area (Å²) in [5, 5.41) is 4.82. The molecular weight excluding hydrogens is 683 g/mol. The Morgan fingerprint density at radius 2 is 0.643 bits per heavy atom. The van der Waals surface area contributed by atoms with Crippen molar-refractivity contribution in [3.05, 3.63) is 200 Å². The van der Waals surface area contributed by atoms with E-state index in [2.05, 4.69) is 203 Å². The van der Waals surface area contributed by atoms with Gasteiger partial charge < -0.3 is 4.57 Å². The van der Waals surface area contributed by atoms with Crippen LogP contribution in [0, 0.1) is 0 Å². The first-order valence-corrected chi connectivity index (χ1v) is 18.9.